The van der Waals surface area contributed by atoms with Gasteiger partial charge in [-0.05, 0) is 43.4 Å². The minimum Gasteiger partial charge on any atom is -0.340 e. The number of sulfone groups is 1. The first-order valence-corrected chi connectivity index (χ1v) is 11.1. The van der Waals surface area contributed by atoms with E-state index >= 15 is 0 Å². The van der Waals surface area contributed by atoms with Crippen molar-refractivity contribution in [2.45, 2.75) is 62.4 Å². The fraction of sp³-hybridized carbons (Fsp3) is 0.632. The van der Waals surface area contributed by atoms with Crippen LogP contribution in [0, 0.1) is 6.92 Å². The highest BCUT2D eigenvalue weighted by atomic mass is 35.5. The molecule has 1 aromatic carbocycles. The normalized spacial score (nSPS) is 19.7. The molecule has 6 heteroatoms. The van der Waals surface area contributed by atoms with Crippen LogP contribution in [0.4, 0.5) is 0 Å². The maximum atomic E-state index is 12.6. The Labute approximate surface area is 155 Å². The molecule has 138 valence electrons. The predicted octanol–water partition coefficient (Wildman–Crippen LogP) is 3.54. The average Bonchev–Trinajstić information content (AvgIpc) is 2.55. The third kappa shape index (κ3) is 4.20. The molecule has 0 bridgehead atoms. The van der Waals surface area contributed by atoms with Crippen molar-refractivity contribution < 1.29 is 13.2 Å². The Morgan fingerprint density at radius 1 is 1.16 bits per heavy atom. The van der Waals surface area contributed by atoms with Crippen LogP contribution in [0.15, 0.2) is 18.2 Å². The third-order valence-electron chi connectivity index (χ3n) is 5.53. The largest absolute Gasteiger partial charge is 0.340 e. The second-order valence-corrected chi connectivity index (χ2v) is 10.3. The van der Waals surface area contributed by atoms with Crippen LogP contribution in [0.1, 0.15) is 49.7 Å². The van der Waals surface area contributed by atoms with E-state index in [1.54, 1.807) is 4.90 Å². The predicted molar refractivity (Wildman–Crippen MR) is 101 cm³/mol. The zero-order valence-corrected chi connectivity index (χ0v) is 16.3. The third-order valence-corrected chi connectivity index (χ3v) is 8.58. The van der Waals surface area contributed by atoms with Crippen LogP contribution in [-0.2, 0) is 21.1 Å². The number of carbonyl (C=O) groups excluding carboxylic acids is 1. The van der Waals surface area contributed by atoms with E-state index < -0.39 is 9.84 Å². The summed E-state index contributed by atoms with van der Waals surface area (Å²) in [5.41, 5.74) is 2.09. The van der Waals surface area contributed by atoms with E-state index in [0.717, 1.165) is 48.3 Å². The molecule has 1 saturated heterocycles. The average molecular weight is 384 g/mol. The first kappa shape index (κ1) is 18.7. The Balaban J connectivity index is 1.48. The number of carbonyl (C=O) groups is 1. The maximum Gasteiger partial charge on any atom is 0.222 e. The quantitative estimate of drug-likeness (QED) is 0.781. The number of aryl methyl sites for hydroxylation is 2. The second kappa shape index (κ2) is 7.67. The van der Waals surface area contributed by atoms with Gasteiger partial charge in [0.15, 0.2) is 9.84 Å². The van der Waals surface area contributed by atoms with Gasteiger partial charge < -0.3 is 4.90 Å². The lowest BCUT2D eigenvalue weighted by Gasteiger charge is -2.41. The van der Waals surface area contributed by atoms with Crippen LogP contribution in [-0.4, -0.2) is 42.8 Å². The van der Waals surface area contributed by atoms with Gasteiger partial charge >= 0.3 is 0 Å². The highest BCUT2D eigenvalue weighted by Gasteiger charge is 2.43. The zero-order valence-electron chi connectivity index (χ0n) is 14.7. The fourth-order valence-electron chi connectivity index (χ4n) is 3.79. The summed E-state index contributed by atoms with van der Waals surface area (Å²) in [7, 11) is -3.08. The summed E-state index contributed by atoms with van der Waals surface area (Å²) in [6, 6.07) is 5.80. The molecule has 4 nitrogen and oxygen atoms in total. The van der Waals surface area contributed by atoms with Crippen LogP contribution in [0.5, 0.6) is 0 Å². The molecule has 0 unspecified atom stereocenters. The van der Waals surface area contributed by atoms with Gasteiger partial charge in [0.1, 0.15) is 0 Å². The van der Waals surface area contributed by atoms with Crippen molar-refractivity contribution >= 4 is 27.3 Å². The monoisotopic (exact) mass is 383 g/mol. The van der Waals surface area contributed by atoms with Crippen molar-refractivity contribution in [3.63, 3.8) is 0 Å². The maximum absolute atomic E-state index is 12.6. The first-order chi connectivity index (χ1) is 11.9. The standard InChI is InChI=1S/C19H26ClNO3S/c1-14-11-15(7-9-18(14)20)8-10-19(22)21-12-17(13-21)25(23,24)16-5-3-2-4-6-16/h7,9,11,16-17H,2-6,8,10,12-13H2,1H3. The van der Waals surface area contributed by atoms with Gasteiger partial charge in [-0.3, -0.25) is 4.79 Å². The summed E-state index contributed by atoms with van der Waals surface area (Å²) in [6.45, 7) is 2.69. The van der Waals surface area contributed by atoms with E-state index in [0.29, 0.717) is 25.9 Å². The molecule has 1 saturated carbocycles. The van der Waals surface area contributed by atoms with Gasteiger partial charge in [0.2, 0.25) is 5.91 Å². The Kier molecular flexibility index (Phi) is 5.74. The van der Waals surface area contributed by atoms with E-state index in [1.165, 1.54) is 0 Å². The van der Waals surface area contributed by atoms with Crippen molar-refractivity contribution in [2.75, 3.05) is 13.1 Å². The van der Waals surface area contributed by atoms with Crippen LogP contribution in [0.3, 0.4) is 0 Å². The Morgan fingerprint density at radius 3 is 2.48 bits per heavy atom. The molecule has 0 atom stereocenters. The van der Waals surface area contributed by atoms with Gasteiger partial charge in [-0.15, -0.1) is 0 Å². The Bertz CT molecular complexity index is 735. The highest BCUT2D eigenvalue weighted by molar-refractivity contribution is 7.92. The van der Waals surface area contributed by atoms with Crippen LogP contribution < -0.4 is 0 Å². The highest BCUT2D eigenvalue weighted by Crippen LogP contribution is 2.30. The topological polar surface area (TPSA) is 54.5 Å². The Morgan fingerprint density at radius 2 is 1.84 bits per heavy atom. The minimum atomic E-state index is -3.08. The smallest absolute Gasteiger partial charge is 0.222 e. The number of amides is 1. The van der Waals surface area contributed by atoms with Crippen molar-refractivity contribution in [1.29, 1.82) is 0 Å². The van der Waals surface area contributed by atoms with Crippen molar-refractivity contribution in [2.24, 2.45) is 0 Å². The number of nitrogens with zero attached hydrogens (tertiary/aromatic N) is 1. The van der Waals surface area contributed by atoms with Gasteiger partial charge in [-0.25, -0.2) is 8.42 Å². The summed E-state index contributed by atoms with van der Waals surface area (Å²) in [6.07, 6.45) is 5.83. The molecular formula is C19H26ClNO3S. The number of hydrogen-bond donors (Lipinski definition) is 0. The number of halogens is 1. The molecule has 0 radical (unpaired) electrons. The van der Waals surface area contributed by atoms with E-state index in [-0.39, 0.29) is 16.4 Å². The summed E-state index contributed by atoms with van der Waals surface area (Å²) in [4.78, 5) is 14.0. The molecule has 1 heterocycles. The zero-order chi connectivity index (χ0) is 18.0. The molecule has 0 N–H and O–H groups in total. The summed E-state index contributed by atoms with van der Waals surface area (Å²) in [5.74, 6) is 0.0442. The lowest BCUT2D eigenvalue weighted by Crippen LogP contribution is -2.58. The van der Waals surface area contributed by atoms with E-state index in [2.05, 4.69) is 0 Å². The molecule has 1 amide bonds. The lowest BCUT2D eigenvalue weighted by atomic mass is 10.0. The van der Waals surface area contributed by atoms with Gasteiger partial charge in [-0.2, -0.15) is 0 Å². The molecule has 2 aliphatic rings. The van der Waals surface area contributed by atoms with Crippen molar-refractivity contribution in [3.05, 3.63) is 34.3 Å². The van der Waals surface area contributed by atoms with Crippen molar-refractivity contribution in [1.82, 2.24) is 4.90 Å². The van der Waals surface area contributed by atoms with Crippen molar-refractivity contribution in [3.8, 4) is 0 Å². The molecule has 0 aromatic heterocycles. The van der Waals surface area contributed by atoms with Gasteiger partial charge in [-0.1, -0.05) is 43.0 Å². The summed E-state index contributed by atoms with van der Waals surface area (Å²) in [5, 5.41) is 0.200. The molecule has 3 rings (SSSR count). The molecular weight excluding hydrogens is 358 g/mol. The van der Waals surface area contributed by atoms with Gasteiger partial charge in [0.25, 0.3) is 0 Å². The van der Waals surface area contributed by atoms with Crippen LogP contribution in [0.2, 0.25) is 5.02 Å². The van der Waals surface area contributed by atoms with Crippen LogP contribution >= 0.6 is 11.6 Å². The molecule has 1 aromatic rings. The van der Waals surface area contributed by atoms with Crippen LogP contribution in [0.25, 0.3) is 0 Å². The van der Waals surface area contributed by atoms with E-state index in [4.69, 9.17) is 11.6 Å². The minimum absolute atomic E-state index is 0.0442. The SMILES string of the molecule is Cc1cc(CCC(=O)N2CC(S(=O)(=O)C3CCCCC3)C2)ccc1Cl. The molecule has 25 heavy (non-hydrogen) atoms. The number of likely N-dealkylation sites (tertiary alicyclic amines) is 1. The summed E-state index contributed by atoms with van der Waals surface area (Å²) >= 11 is 6.02. The molecule has 0 spiro atoms. The number of benzene rings is 1. The van der Waals surface area contributed by atoms with Gasteiger partial charge in [0, 0.05) is 24.5 Å². The first-order valence-electron chi connectivity index (χ1n) is 9.13. The second-order valence-electron chi connectivity index (χ2n) is 7.35. The summed E-state index contributed by atoms with van der Waals surface area (Å²) < 4.78 is 25.3. The van der Waals surface area contributed by atoms with Gasteiger partial charge in [0.05, 0.1) is 10.5 Å². The van der Waals surface area contributed by atoms with E-state index in [1.807, 2.05) is 25.1 Å². The number of hydrogen-bond acceptors (Lipinski definition) is 3. The molecule has 1 aliphatic carbocycles. The van der Waals surface area contributed by atoms with E-state index in [9.17, 15) is 13.2 Å². The Hall–Kier alpha value is -1.07. The number of rotatable bonds is 5. The fourth-order valence-corrected chi connectivity index (χ4v) is 6.21. The molecule has 1 aliphatic heterocycles. The lowest BCUT2D eigenvalue weighted by molar-refractivity contribution is -0.134. The molecule has 2 fully saturated rings.